The molecule has 1 saturated carbocycles. The van der Waals surface area contributed by atoms with Gasteiger partial charge in [-0.15, -0.1) is 0 Å². The van der Waals surface area contributed by atoms with E-state index < -0.39 is 42.5 Å². The minimum Gasteiger partial charge on any atom is -0.465 e. The topological polar surface area (TPSA) is 119 Å². The van der Waals surface area contributed by atoms with Crippen LogP contribution in [-0.4, -0.2) is 73.0 Å². The van der Waals surface area contributed by atoms with Crippen molar-refractivity contribution >= 4 is 5.97 Å². The highest BCUT2D eigenvalue weighted by Gasteiger charge is 2.52. The van der Waals surface area contributed by atoms with Crippen LogP contribution in [0.15, 0.2) is 51.6 Å². The highest BCUT2D eigenvalue weighted by molar-refractivity contribution is 5.76. The minimum absolute atomic E-state index is 0.161. The number of nitrogens with zero attached hydrogens (tertiary/aromatic N) is 4. The second kappa shape index (κ2) is 9.25. The molecule has 10 heteroatoms. The molecule has 2 aromatic rings. The summed E-state index contributed by atoms with van der Waals surface area (Å²) in [5, 5.41) is 21.7. The van der Waals surface area contributed by atoms with Crippen LogP contribution in [0.25, 0.3) is 0 Å². The Balaban J connectivity index is 1.62. The Kier molecular flexibility index (Phi) is 6.29. The number of benzene rings is 1. The normalized spacial score (nSPS) is 25.5. The van der Waals surface area contributed by atoms with Gasteiger partial charge in [0, 0.05) is 13.6 Å². The first-order valence-corrected chi connectivity index (χ1v) is 12.2. The van der Waals surface area contributed by atoms with Gasteiger partial charge in [-0.2, -0.15) is 0 Å². The van der Waals surface area contributed by atoms with Gasteiger partial charge >= 0.3 is 17.3 Å². The molecule has 10 nitrogen and oxygen atoms in total. The number of aliphatic hydroxyl groups excluding tert-OH is 2. The number of allylic oxidation sites excluding steroid dienone is 1. The molecule has 5 rings (SSSR count). The van der Waals surface area contributed by atoms with Crippen LogP contribution in [0.3, 0.4) is 0 Å². The number of aromatic nitrogens is 3. The van der Waals surface area contributed by atoms with Gasteiger partial charge in [0.25, 0.3) is 0 Å². The third kappa shape index (κ3) is 3.99. The average molecular weight is 485 g/mol. The molecule has 1 aromatic carbocycles. The SMILES string of the molecule is CCOC(=O)[C@H](CO)N1CC2=C[C@@H](C3CC3)n3c(=O)n(C)c(=O)n3[C@H]2[C@@H]1[C@@H](O)Cc1ccccc1. The third-order valence-corrected chi connectivity index (χ3v) is 7.50. The molecule has 5 atom stereocenters. The molecule has 3 aliphatic rings. The quantitative estimate of drug-likeness (QED) is 0.400. The van der Waals surface area contributed by atoms with E-state index >= 15 is 0 Å². The number of fused-ring (bicyclic) bond motifs is 3. The molecule has 188 valence electrons. The van der Waals surface area contributed by atoms with E-state index in [1.54, 1.807) is 11.8 Å². The lowest BCUT2D eigenvalue weighted by molar-refractivity contribution is -0.152. The average Bonchev–Trinajstić information content (AvgIpc) is 3.59. The van der Waals surface area contributed by atoms with Crippen molar-refractivity contribution in [2.75, 3.05) is 19.8 Å². The summed E-state index contributed by atoms with van der Waals surface area (Å²) in [4.78, 5) is 40.9. The molecule has 2 aliphatic heterocycles. The van der Waals surface area contributed by atoms with Gasteiger partial charge in [0.05, 0.1) is 37.4 Å². The van der Waals surface area contributed by atoms with E-state index in [1.807, 2.05) is 36.4 Å². The van der Waals surface area contributed by atoms with Gasteiger partial charge in [-0.1, -0.05) is 36.4 Å². The Labute approximate surface area is 202 Å². The van der Waals surface area contributed by atoms with Crippen molar-refractivity contribution < 1.29 is 19.7 Å². The van der Waals surface area contributed by atoms with Crippen molar-refractivity contribution in [3.8, 4) is 0 Å². The van der Waals surface area contributed by atoms with Crippen molar-refractivity contribution in [2.24, 2.45) is 13.0 Å². The number of carbonyl (C=O) groups is 1. The smallest absolute Gasteiger partial charge is 0.347 e. The predicted octanol–water partition coefficient (Wildman–Crippen LogP) is -0.00750. The zero-order valence-electron chi connectivity index (χ0n) is 20.0. The van der Waals surface area contributed by atoms with Crippen LogP contribution in [0.1, 0.15) is 37.4 Å². The molecule has 2 fully saturated rings. The van der Waals surface area contributed by atoms with Gasteiger partial charge in [-0.3, -0.25) is 9.69 Å². The van der Waals surface area contributed by atoms with Crippen molar-refractivity contribution in [2.45, 2.75) is 56.5 Å². The molecule has 0 spiro atoms. The maximum Gasteiger partial charge on any atom is 0.347 e. The van der Waals surface area contributed by atoms with E-state index in [9.17, 15) is 24.6 Å². The molecule has 35 heavy (non-hydrogen) atoms. The summed E-state index contributed by atoms with van der Waals surface area (Å²) >= 11 is 0. The fraction of sp³-hybridized carbons (Fsp3) is 0.560. The lowest BCUT2D eigenvalue weighted by Gasteiger charge is -2.37. The van der Waals surface area contributed by atoms with Crippen molar-refractivity contribution in [1.82, 2.24) is 18.8 Å². The molecule has 1 saturated heterocycles. The van der Waals surface area contributed by atoms with E-state index in [1.165, 1.54) is 16.4 Å². The van der Waals surface area contributed by atoms with E-state index in [-0.39, 0.29) is 37.2 Å². The standard InChI is InChI=1S/C25H32N4O6/c1-3-35-23(32)19(14-30)27-13-17-12-18(16-9-10-16)28-24(33)26(2)25(34)29(28)21(17)22(27)20(31)11-15-7-5-4-6-8-15/h4-8,12,16,18-22,30-31H,3,9-11,13-14H2,1-2H3/t18-,19-,20-,21+,22-/m0/s1. The molecule has 0 bridgehead atoms. The summed E-state index contributed by atoms with van der Waals surface area (Å²) in [6.07, 6.45) is 3.28. The fourth-order valence-corrected chi connectivity index (χ4v) is 5.70. The van der Waals surface area contributed by atoms with Gasteiger partial charge in [0.15, 0.2) is 0 Å². The molecule has 0 unspecified atom stereocenters. The second-order valence-electron chi connectivity index (χ2n) is 9.70. The molecule has 3 heterocycles. The maximum atomic E-state index is 13.3. The van der Waals surface area contributed by atoms with Crippen LogP contribution in [0, 0.1) is 5.92 Å². The minimum atomic E-state index is -1.00. The number of hydrogen-bond acceptors (Lipinski definition) is 7. The summed E-state index contributed by atoms with van der Waals surface area (Å²) in [5.41, 5.74) is 0.931. The first-order valence-electron chi connectivity index (χ1n) is 12.2. The molecule has 0 amide bonds. The van der Waals surface area contributed by atoms with Crippen LogP contribution >= 0.6 is 0 Å². The fourth-order valence-electron chi connectivity index (χ4n) is 5.70. The predicted molar refractivity (Wildman–Crippen MR) is 127 cm³/mol. The first kappa shape index (κ1) is 23.8. The van der Waals surface area contributed by atoms with Crippen molar-refractivity contribution in [1.29, 1.82) is 0 Å². The van der Waals surface area contributed by atoms with Gasteiger partial charge in [-0.05, 0) is 43.2 Å². The monoisotopic (exact) mass is 484 g/mol. The lowest BCUT2D eigenvalue weighted by atomic mass is 9.92. The van der Waals surface area contributed by atoms with E-state index in [0.29, 0.717) is 0 Å². The Bertz CT molecular complexity index is 1240. The van der Waals surface area contributed by atoms with Crippen LogP contribution in [0.4, 0.5) is 0 Å². The van der Waals surface area contributed by atoms with Crippen molar-refractivity contribution in [3.05, 3.63) is 68.5 Å². The number of esters is 1. The lowest BCUT2D eigenvalue weighted by Crippen LogP contribution is -2.54. The van der Waals surface area contributed by atoms with Crippen LogP contribution in [0.2, 0.25) is 0 Å². The van der Waals surface area contributed by atoms with E-state index in [4.69, 9.17) is 4.74 Å². The molecular weight excluding hydrogens is 452 g/mol. The number of carbonyl (C=O) groups excluding carboxylic acids is 1. The van der Waals surface area contributed by atoms with Gasteiger partial charge in [0.2, 0.25) is 0 Å². The Morgan fingerprint density at radius 2 is 1.83 bits per heavy atom. The maximum absolute atomic E-state index is 13.3. The summed E-state index contributed by atoms with van der Waals surface area (Å²) in [6, 6.07) is 6.85. The zero-order valence-corrected chi connectivity index (χ0v) is 20.0. The molecule has 2 N–H and O–H groups in total. The van der Waals surface area contributed by atoms with Gasteiger partial charge in [-0.25, -0.2) is 23.5 Å². The Hall–Kier alpha value is -2.95. The van der Waals surface area contributed by atoms with Crippen LogP contribution in [-0.2, 0) is 23.0 Å². The second-order valence-corrected chi connectivity index (χ2v) is 9.70. The van der Waals surface area contributed by atoms with E-state index in [2.05, 4.69) is 0 Å². The summed E-state index contributed by atoms with van der Waals surface area (Å²) in [6.45, 7) is 1.65. The van der Waals surface area contributed by atoms with Gasteiger partial charge < -0.3 is 14.9 Å². The number of hydrogen-bond donors (Lipinski definition) is 2. The highest BCUT2D eigenvalue weighted by atomic mass is 16.5. The van der Waals surface area contributed by atoms with Crippen LogP contribution in [0.5, 0.6) is 0 Å². The number of rotatable bonds is 8. The largest absolute Gasteiger partial charge is 0.465 e. The zero-order chi connectivity index (χ0) is 24.9. The van der Waals surface area contributed by atoms with Crippen molar-refractivity contribution in [3.63, 3.8) is 0 Å². The number of ether oxygens (including phenoxy) is 1. The molecule has 0 radical (unpaired) electrons. The number of likely N-dealkylation sites (tertiary alicyclic amines) is 1. The van der Waals surface area contributed by atoms with Crippen LogP contribution < -0.4 is 11.4 Å². The molecule has 1 aromatic heterocycles. The summed E-state index contributed by atoms with van der Waals surface area (Å²) in [7, 11) is 1.46. The van der Waals surface area contributed by atoms with E-state index in [0.717, 1.165) is 28.5 Å². The number of aliphatic hydroxyl groups is 2. The molecule has 1 aliphatic carbocycles. The summed E-state index contributed by atoms with van der Waals surface area (Å²) in [5.74, 6) is -0.308. The Morgan fingerprint density at radius 1 is 1.14 bits per heavy atom. The summed E-state index contributed by atoms with van der Waals surface area (Å²) < 4.78 is 9.32. The first-order chi connectivity index (χ1) is 16.9. The third-order valence-electron chi connectivity index (χ3n) is 7.50. The highest BCUT2D eigenvalue weighted by Crippen LogP contribution is 2.47. The Morgan fingerprint density at radius 3 is 2.46 bits per heavy atom. The molecular formula is C25H32N4O6. The van der Waals surface area contributed by atoms with Gasteiger partial charge in [0.1, 0.15) is 6.04 Å².